The second-order valence-corrected chi connectivity index (χ2v) is 5.97. The van der Waals surface area contributed by atoms with E-state index in [1.807, 2.05) is 0 Å². The summed E-state index contributed by atoms with van der Waals surface area (Å²) < 4.78 is 0. The summed E-state index contributed by atoms with van der Waals surface area (Å²) in [7, 11) is 4.29. The Morgan fingerprint density at radius 2 is 2.16 bits per heavy atom. The highest BCUT2D eigenvalue weighted by molar-refractivity contribution is 5.60. The molecule has 106 valence electrons. The molecule has 0 aliphatic carbocycles. The molecule has 1 aliphatic rings. The van der Waals surface area contributed by atoms with Crippen LogP contribution < -0.4 is 10.2 Å². The SMILES string of the molecule is Cc1cccc2c1N(CCCN(C)C)CC(C)NC2. The molecule has 2 rings (SSSR count). The van der Waals surface area contributed by atoms with Gasteiger partial charge in [0.05, 0.1) is 0 Å². The van der Waals surface area contributed by atoms with E-state index in [9.17, 15) is 0 Å². The van der Waals surface area contributed by atoms with Crippen molar-refractivity contribution >= 4 is 5.69 Å². The van der Waals surface area contributed by atoms with E-state index >= 15 is 0 Å². The summed E-state index contributed by atoms with van der Waals surface area (Å²) >= 11 is 0. The average Bonchev–Trinajstić information content (AvgIpc) is 2.50. The highest BCUT2D eigenvalue weighted by Crippen LogP contribution is 2.27. The molecule has 0 amide bonds. The zero-order valence-corrected chi connectivity index (χ0v) is 12.7. The maximum Gasteiger partial charge on any atom is 0.0442 e. The van der Waals surface area contributed by atoms with Crippen LogP contribution in [0.2, 0.25) is 0 Å². The summed E-state index contributed by atoms with van der Waals surface area (Å²) in [5.74, 6) is 0. The van der Waals surface area contributed by atoms with Crippen molar-refractivity contribution in [1.29, 1.82) is 0 Å². The lowest BCUT2D eigenvalue weighted by atomic mass is 10.1. The number of rotatable bonds is 4. The molecule has 0 bridgehead atoms. The van der Waals surface area contributed by atoms with E-state index in [1.165, 1.54) is 23.2 Å². The van der Waals surface area contributed by atoms with Gasteiger partial charge in [-0.25, -0.2) is 0 Å². The molecule has 1 N–H and O–H groups in total. The third-order valence-electron chi connectivity index (χ3n) is 3.81. The van der Waals surface area contributed by atoms with Crippen LogP contribution in [-0.4, -0.2) is 44.7 Å². The summed E-state index contributed by atoms with van der Waals surface area (Å²) in [6.45, 7) is 8.89. The molecule has 1 atom stereocenters. The third-order valence-corrected chi connectivity index (χ3v) is 3.81. The first-order valence-electron chi connectivity index (χ1n) is 7.29. The Labute approximate surface area is 117 Å². The number of nitrogens with one attached hydrogen (secondary N) is 1. The van der Waals surface area contributed by atoms with Crippen molar-refractivity contribution in [3.63, 3.8) is 0 Å². The van der Waals surface area contributed by atoms with Gasteiger partial charge < -0.3 is 15.1 Å². The summed E-state index contributed by atoms with van der Waals surface area (Å²) in [5.41, 5.74) is 4.30. The van der Waals surface area contributed by atoms with Gasteiger partial charge in [0.1, 0.15) is 0 Å². The highest BCUT2D eigenvalue weighted by Gasteiger charge is 2.19. The van der Waals surface area contributed by atoms with E-state index in [-0.39, 0.29) is 0 Å². The van der Waals surface area contributed by atoms with Crippen molar-refractivity contribution in [1.82, 2.24) is 10.2 Å². The molecule has 1 aliphatic heterocycles. The smallest absolute Gasteiger partial charge is 0.0442 e. The van der Waals surface area contributed by atoms with Gasteiger partial charge in [-0.05, 0) is 52.0 Å². The molecule has 0 saturated carbocycles. The number of aryl methyl sites for hydroxylation is 1. The fourth-order valence-corrected chi connectivity index (χ4v) is 2.87. The van der Waals surface area contributed by atoms with Gasteiger partial charge in [-0.3, -0.25) is 0 Å². The van der Waals surface area contributed by atoms with Gasteiger partial charge >= 0.3 is 0 Å². The zero-order chi connectivity index (χ0) is 13.8. The monoisotopic (exact) mass is 261 g/mol. The number of benzene rings is 1. The molecular weight excluding hydrogens is 234 g/mol. The second kappa shape index (κ2) is 6.40. The quantitative estimate of drug-likeness (QED) is 0.897. The van der Waals surface area contributed by atoms with Crippen molar-refractivity contribution in [3.8, 4) is 0 Å². The van der Waals surface area contributed by atoms with E-state index in [4.69, 9.17) is 0 Å². The van der Waals surface area contributed by atoms with Crippen LogP contribution in [0.5, 0.6) is 0 Å². The number of para-hydroxylation sites is 1. The number of anilines is 1. The molecule has 0 spiro atoms. The molecule has 3 nitrogen and oxygen atoms in total. The topological polar surface area (TPSA) is 18.5 Å². The van der Waals surface area contributed by atoms with E-state index < -0.39 is 0 Å². The first kappa shape index (κ1) is 14.4. The van der Waals surface area contributed by atoms with Crippen LogP contribution in [-0.2, 0) is 6.54 Å². The Kier molecular flexibility index (Phi) is 4.83. The van der Waals surface area contributed by atoms with E-state index in [1.54, 1.807) is 0 Å². The van der Waals surface area contributed by atoms with Gasteiger partial charge in [0.15, 0.2) is 0 Å². The number of hydrogen-bond acceptors (Lipinski definition) is 3. The van der Waals surface area contributed by atoms with Crippen molar-refractivity contribution < 1.29 is 0 Å². The van der Waals surface area contributed by atoms with Crippen LogP contribution in [0.1, 0.15) is 24.5 Å². The molecule has 0 aromatic heterocycles. The van der Waals surface area contributed by atoms with Gasteiger partial charge in [0.25, 0.3) is 0 Å². The van der Waals surface area contributed by atoms with Crippen molar-refractivity contribution in [3.05, 3.63) is 29.3 Å². The predicted octanol–water partition coefficient (Wildman–Crippen LogP) is 2.24. The van der Waals surface area contributed by atoms with Gasteiger partial charge in [-0.2, -0.15) is 0 Å². The molecule has 3 heteroatoms. The van der Waals surface area contributed by atoms with Crippen LogP contribution in [0.3, 0.4) is 0 Å². The zero-order valence-electron chi connectivity index (χ0n) is 12.7. The minimum absolute atomic E-state index is 0.547. The number of nitrogens with zero attached hydrogens (tertiary/aromatic N) is 2. The largest absolute Gasteiger partial charge is 0.369 e. The summed E-state index contributed by atoms with van der Waals surface area (Å²) in [6.07, 6.45) is 1.22. The molecule has 19 heavy (non-hydrogen) atoms. The lowest BCUT2D eigenvalue weighted by molar-refractivity contribution is 0.399. The predicted molar refractivity (Wildman–Crippen MR) is 82.9 cm³/mol. The molecule has 0 radical (unpaired) electrons. The average molecular weight is 261 g/mol. The molecular formula is C16H27N3. The molecule has 1 heterocycles. The molecule has 1 aromatic carbocycles. The maximum atomic E-state index is 3.60. The molecule has 1 unspecified atom stereocenters. The maximum absolute atomic E-state index is 3.60. The molecule has 0 saturated heterocycles. The van der Waals surface area contributed by atoms with Crippen molar-refractivity contribution in [2.45, 2.75) is 32.9 Å². The summed E-state index contributed by atoms with van der Waals surface area (Å²) in [5, 5.41) is 3.60. The third kappa shape index (κ3) is 3.71. The summed E-state index contributed by atoms with van der Waals surface area (Å²) in [4.78, 5) is 4.83. The lowest BCUT2D eigenvalue weighted by Crippen LogP contribution is -2.37. The first-order valence-corrected chi connectivity index (χ1v) is 7.29. The van der Waals surface area contributed by atoms with Gasteiger partial charge in [-0.1, -0.05) is 18.2 Å². The van der Waals surface area contributed by atoms with Crippen molar-refractivity contribution in [2.75, 3.05) is 38.6 Å². The lowest BCUT2D eigenvalue weighted by Gasteiger charge is -2.28. The number of fused-ring (bicyclic) bond motifs is 1. The van der Waals surface area contributed by atoms with Crippen LogP contribution in [0.15, 0.2) is 18.2 Å². The van der Waals surface area contributed by atoms with Crippen LogP contribution in [0, 0.1) is 6.92 Å². The van der Waals surface area contributed by atoms with Crippen molar-refractivity contribution in [2.24, 2.45) is 0 Å². The normalized spacial score (nSPS) is 19.4. The van der Waals surface area contributed by atoms with Gasteiger partial charge in [-0.15, -0.1) is 0 Å². The van der Waals surface area contributed by atoms with Crippen LogP contribution in [0.25, 0.3) is 0 Å². The van der Waals surface area contributed by atoms with Gasteiger partial charge in [0.2, 0.25) is 0 Å². The minimum Gasteiger partial charge on any atom is -0.369 e. The second-order valence-electron chi connectivity index (χ2n) is 5.97. The Balaban J connectivity index is 2.16. The Morgan fingerprint density at radius 1 is 1.37 bits per heavy atom. The Bertz CT molecular complexity index is 414. The Hall–Kier alpha value is -1.06. The van der Waals surface area contributed by atoms with Crippen LogP contribution >= 0.6 is 0 Å². The highest BCUT2D eigenvalue weighted by atomic mass is 15.2. The molecule has 1 aromatic rings. The van der Waals surface area contributed by atoms with E-state index in [2.05, 4.69) is 61.3 Å². The summed E-state index contributed by atoms with van der Waals surface area (Å²) in [6, 6.07) is 7.20. The standard InChI is InChI=1S/C16H27N3/c1-13-7-5-8-15-11-17-14(2)12-19(16(13)15)10-6-9-18(3)4/h5,7-8,14,17H,6,9-12H2,1-4H3. The van der Waals surface area contributed by atoms with E-state index in [0.717, 1.165) is 26.2 Å². The fraction of sp³-hybridized carbons (Fsp3) is 0.625. The van der Waals surface area contributed by atoms with E-state index in [0.29, 0.717) is 6.04 Å². The number of hydrogen-bond donors (Lipinski definition) is 1. The minimum atomic E-state index is 0.547. The van der Waals surface area contributed by atoms with Crippen LogP contribution in [0.4, 0.5) is 5.69 Å². The fourth-order valence-electron chi connectivity index (χ4n) is 2.87. The Morgan fingerprint density at radius 3 is 2.89 bits per heavy atom. The first-order chi connectivity index (χ1) is 9.08. The van der Waals surface area contributed by atoms with Gasteiger partial charge in [0, 0.05) is 31.4 Å². The molecule has 0 fully saturated rings.